The van der Waals surface area contributed by atoms with Crippen LogP contribution in [0.3, 0.4) is 0 Å². The molecule has 0 aromatic heterocycles. The quantitative estimate of drug-likeness (QED) is 0.628. The number of likely N-dealkylation sites (tertiary alicyclic amines) is 1. The summed E-state index contributed by atoms with van der Waals surface area (Å²) < 4.78 is 22.5. The van der Waals surface area contributed by atoms with Crippen LogP contribution in [0.2, 0.25) is 0 Å². The summed E-state index contributed by atoms with van der Waals surface area (Å²) in [5, 5.41) is -0.131. The van der Waals surface area contributed by atoms with Crippen molar-refractivity contribution in [2.45, 2.75) is 44.0 Å². The summed E-state index contributed by atoms with van der Waals surface area (Å²) in [5.41, 5.74) is 0. The van der Waals surface area contributed by atoms with Gasteiger partial charge in [-0.25, -0.2) is 8.42 Å². The van der Waals surface area contributed by atoms with Crippen LogP contribution in [0.4, 0.5) is 0 Å². The van der Waals surface area contributed by atoms with E-state index in [1.165, 1.54) is 12.8 Å². The van der Waals surface area contributed by atoms with Gasteiger partial charge in [0.25, 0.3) is 0 Å². The molecular formula is C9H17NO2S. The van der Waals surface area contributed by atoms with Crippen molar-refractivity contribution >= 4 is 9.84 Å². The number of sulfone groups is 1. The Kier molecular flexibility index (Phi) is 2.15. The molecule has 0 radical (unpaired) electrons. The van der Waals surface area contributed by atoms with Gasteiger partial charge in [-0.3, -0.25) is 4.90 Å². The molecule has 2 heterocycles. The molecule has 13 heavy (non-hydrogen) atoms. The number of rotatable bonds is 1. The topological polar surface area (TPSA) is 37.4 Å². The minimum absolute atomic E-state index is 0.131. The molecule has 2 aliphatic rings. The van der Waals surface area contributed by atoms with Crippen molar-refractivity contribution in [2.75, 3.05) is 12.3 Å². The Bertz CT molecular complexity index is 299. The van der Waals surface area contributed by atoms with Gasteiger partial charge in [-0.2, -0.15) is 0 Å². The summed E-state index contributed by atoms with van der Waals surface area (Å²) in [5.74, 6) is 0.387. The SMILES string of the molecule is CC1CCCN1C1CS(=O)(=O)C1C. The van der Waals surface area contributed by atoms with Crippen molar-refractivity contribution in [2.24, 2.45) is 0 Å². The fraction of sp³-hybridized carbons (Fsp3) is 1.00. The van der Waals surface area contributed by atoms with E-state index in [-0.39, 0.29) is 5.25 Å². The van der Waals surface area contributed by atoms with Gasteiger partial charge in [0.05, 0.1) is 11.0 Å². The smallest absolute Gasteiger partial charge is 0.156 e. The third-order valence-electron chi connectivity index (χ3n) is 3.54. The highest BCUT2D eigenvalue weighted by molar-refractivity contribution is 7.93. The molecule has 0 aliphatic carbocycles. The first-order chi connectivity index (χ1) is 6.02. The Hall–Kier alpha value is -0.0900. The maximum atomic E-state index is 11.3. The lowest BCUT2D eigenvalue weighted by Crippen LogP contribution is -2.59. The number of hydrogen-bond donors (Lipinski definition) is 0. The Balaban J connectivity index is 2.05. The number of hydrogen-bond acceptors (Lipinski definition) is 3. The van der Waals surface area contributed by atoms with Crippen molar-refractivity contribution in [3.05, 3.63) is 0 Å². The van der Waals surface area contributed by atoms with Gasteiger partial charge in [0.15, 0.2) is 9.84 Å². The molecule has 2 fully saturated rings. The molecule has 2 saturated heterocycles. The molecule has 0 amide bonds. The minimum Gasteiger partial charge on any atom is -0.295 e. The summed E-state index contributed by atoms with van der Waals surface area (Å²) in [6.07, 6.45) is 2.45. The van der Waals surface area contributed by atoms with E-state index >= 15 is 0 Å². The average Bonchev–Trinajstić information content (AvgIpc) is 2.47. The standard InChI is InChI=1S/C9H17NO2S/c1-7-4-3-5-10(7)9-6-13(11,12)8(9)2/h7-9H,3-6H2,1-2H3. The van der Waals surface area contributed by atoms with Gasteiger partial charge in [-0.05, 0) is 33.2 Å². The van der Waals surface area contributed by atoms with Crippen molar-refractivity contribution in [1.29, 1.82) is 0 Å². The molecule has 0 aromatic rings. The van der Waals surface area contributed by atoms with Crippen molar-refractivity contribution in [1.82, 2.24) is 4.90 Å². The molecule has 76 valence electrons. The Labute approximate surface area is 80.0 Å². The van der Waals surface area contributed by atoms with E-state index < -0.39 is 9.84 Å². The van der Waals surface area contributed by atoms with E-state index in [9.17, 15) is 8.42 Å². The van der Waals surface area contributed by atoms with Crippen LogP contribution in [0.25, 0.3) is 0 Å². The first kappa shape index (κ1) is 9.46. The maximum Gasteiger partial charge on any atom is 0.156 e. The molecule has 0 bridgehead atoms. The molecule has 0 saturated carbocycles. The van der Waals surface area contributed by atoms with Crippen LogP contribution in [0.1, 0.15) is 26.7 Å². The van der Waals surface area contributed by atoms with Gasteiger partial charge < -0.3 is 0 Å². The fourth-order valence-electron chi connectivity index (χ4n) is 2.46. The lowest BCUT2D eigenvalue weighted by molar-refractivity contribution is 0.187. The van der Waals surface area contributed by atoms with Crippen LogP contribution < -0.4 is 0 Å². The predicted molar refractivity (Wildman–Crippen MR) is 52.4 cm³/mol. The van der Waals surface area contributed by atoms with Crippen LogP contribution in [0, 0.1) is 0 Å². The lowest BCUT2D eigenvalue weighted by atomic mass is 10.1. The number of nitrogens with zero attached hydrogens (tertiary/aromatic N) is 1. The lowest BCUT2D eigenvalue weighted by Gasteiger charge is -2.42. The first-order valence-electron chi connectivity index (χ1n) is 4.99. The first-order valence-corrected chi connectivity index (χ1v) is 6.71. The molecule has 3 unspecified atom stereocenters. The van der Waals surface area contributed by atoms with Crippen molar-refractivity contribution < 1.29 is 8.42 Å². The molecule has 4 heteroatoms. The molecule has 2 aliphatic heterocycles. The van der Waals surface area contributed by atoms with E-state index in [1.54, 1.807) is 0 Å². The average molecular weight is 203 g/mol. The Morgan fingerprint density at radius 2 is 2.00 bits per heavy atom. The van der Waals surface area contributed by atoms with Crippen LogP contribution in [0.5, 0.6) is 0 Å². The van der Waals surface area contributed by atoms with E-state index in [0.717, 1.165) is 6.54 Å². The van der Waals surface area contributed by atoms with Crippen LogP contribution in [-0.4, -0.2) is 42.9 Å². The second-order valence-electron chi connectivity index (χ2n) is 4.33. The summed E-state index contributed by atoms with van der Waals surface area (Å²) in [6, 6.07) is 0.894. The summed E-state index contributed by atoms with van der Waals surface area (Å²) in [4.78, 5) is 2.37. The van der Waals surface area contributed by atoms with Gasteiger partial charge in [0.1, 0.15) is 0 Å². The van der Waals surface area contributed by atoms with E-state index in [0.29, 0.717) is 17.8 Å². The fourth-order valence-corrected chi connectivity index (χ4v) is 4.09. The monoisotopic (exact) mass is 203 g/mol. The minimum atomic E-state index is -2.71. The predicted octanol–water partition coefficient (Wildman–Crippen LogP) is 0.656. The van der Waals surface area contributed by atoms with Crippen LogP contribution in [-0.2, 0) is 9.84 Å². The summed E-state index contributed by atoms with van der Waals surface area (Å²) in [6.45, 7) is 5.13. The maximum absolute atomic E-state index is 11.3. The third kappa shape index (κ3) is 1.40. The Morgan fingerprint density at radius 1 is 1.31 bits per heavy atom. The highest BCUT2D eigenvalue weighted by atomic mass is 32.2. The van der Waals surface area contributed by atoms with Crippen LogP contribution in [0.15, 0.2) is 0 Å². The van der Waals surface area contributed by atoms with Gasteiger partial charge in [-0.15, -0.1) is 0 Å². The molecule has 3 atom stereocenters. The normalized spacial score (nSPS) is 44.6. The Morgan fingerprint density at radius 3 is 2.38 bits per heavy atom. The zero-order valence-electron chi connectivity index (χ0n) is 8.23. The zero-order valence-corrected chi connectivity index (χ0v) is 9.05. The largest absolute Gasteiger partial charge is 0.295 e. The third-order valence-corrected chi connectivity index (χ3v) is 5.79. The van der Waals surface area contributed by atoms with Crippen molar-refractivity contribution in [3.63, 3.8) is 0 Å². The summed E-state index contributed by atoms with van der Waals surface area (Å²) in [7, 11) is -2.71. The second-order valence-corrected chi connectivity index (χ2v) is 6.73. The second kappa shape index (κ2) is 2.95. The molecule has 0 spiro atoms. The van der Waals surface area contributed by atoms with Crippen LogP contribution >= 0.6 is 0 Å². The molecule has 2 rings (SSSR count). The van der Waals surface area contributed by atoms with Gasteiger partial charge >= 0.3 is 0 Å². The zero-order chi connectivity index (χ0) is 9.64. The molecule has 0 N–H and O–H groups in total. The molecule has 3 nitrogen and oxygen atoms in total. The summed E-state index contributed by atoms with van der Waals surface area (Å²) >= 11 is 0. The van der Waals surface area contributed by atoms with E-state index in [1.807, 2.05) is 6.92 Å². The van der Waals surface area contributed by atoms with Gasteiger partial charge in [0.2, 0.25) is 0 Å². The van der Waals surface area contributed by atoms with E-state index in [4.69, 9.17) is 0 Å². The highest BCUT2D eigenvalue weighted by Gasteiger charge is 2.47. The van der Waals surface area contributed by atoms with Crippen molar-refractivity contribution in [3.8, 4) is 0 Å². The van der Waals surface area contributed by atoms with Gasteiger partial charge in [0, 0.05) is 12.1 Å². The molecular weight excluding hydrogens is 186 g/mol. The molecule has 0 aromatic carbocycles. The van der Waals surface area contributed by atoms with E-state index in [2.05, 4.69) is 11.8 Å². The highest BCUT2D eigenvalue weighted by Crippen LogP contribution is 2.31. The van der Waals surface area contributed by atoms with Gasteiger partial charge in [-0.1, -0.05) is 0 Å².